The third-order valence-corrected chi connectivity index (χ3v) is 7.56. The Labute approximate surface area is 182 Å². The van der Waals surface area contributed by atoms with Crippen LogP contribution in [0.5, 0.6) is 0 Å². The van der Waals surface area contributed by atoms with Crippen LogP contribution >= 0.6 is 0 Å². The minimum atomic E-state index is -4.22. The van der Waals surface area contributed by atoms with Crippen LogP contribution in [0.1, 0.15) is 17.7 Å². The van der Waals surface area contributed by atoms with E-state index in [4.69, 9.17) is 0 Å². The quantitative estimate of drug-likeness (QED) is 0.550. The molecule has 4 rings (SSSR count). The number of sulfonamides is 1. The molecule has 0 radical (unpaired) electrons. The van der Waals surface area contributed by atoms with Crippen molar-refractivity contribution in [3.63, 3.8) is 0 Å². The Balaban J connectivity index is 1.76. The van der Waals surface area contributed by atoms with Crippen molar-refractivity contribution in [1.82, 2.24) is 13.9 Å². The first-order chi connectivity index (χ1) is 15.2. The van der Waals surface area contributed by atoms with Gasteiger partial charge in [-0.1, -0.05) is 0 Å². The van der Waals surface area contributed by atoms with Crippen molar-refractivity contribution in [3.05, 3.63) is 59.8 Å². The van der Waals surface area contributed by atoms with E-state index in [0.29, 0.717) is 23.9 Å². The maximum Gasteiger partial charge on any atom is 0.318 e. The fourth-order valence-corrected chi connectivity index (χ4v) is 5.88. The van der Waals surface area contributed by atoms with Gasteiger partial charge >= 0.3 is 11.9 Å². The summed E-state index contributed by atoms with van der Waals surface area (Å²) in [5.74, 6) is -2.90. The molecule has 0 amide bonds. The summed E-state index contributed by atoms with van der Waals surface area (Å²) in [5, 5.41) is 19.5. The van der Waals surface area contributed by atoms with E-state index >= 15 is 0 Å². The van der Waals surface area contributed by atoms with Crippen LogP contribution in [-0.4, -0.2) is 57.0 Å². The third kappa shape index (κ3) is 3.96. The van der Waals surface area contributed by atoms with Crippen LogP contribution in [0.15, 0.2) is 47.6 Å². The predicted octanol–water partition coefficient (Wildman–Crippen LogP) is 1.89. The molecule has 3 heterocycles. The van der Waals surface area contributed by atoms with Gasteiger partial charge in [0.05, 0.1) is 23.0 Å². The molecule has 1 aliphatic heterocycles. The molecule has 0 saturated carbocycles. The van der Waals surface area contributed by atoms with Gasteiger partial charge in [-0.2, -0.15) is 4.31 Å². The summed E-state index contributed by atoms with van der Waals surface area (Å²) < 4.78 is 42.5. The van der Waals surface area contributed by atoms with E-state index in [0.717, 1.165) is 39.7 Å². The first kappa shape index (κ1) is 21.9. The first-order valence-corrected chi connectivity index (χ1v) is 11.3. The topological polar surface area (TPSA) is 130 Å². The van der Waals surface area contributed by atoms with Crippen LogP contribution in [0.3, 0.4) is 0 Å². The molecule has 1 aromatic carbocycles. The number of rotatable bonds is 7. The van der Waals surface area contributed by atoms with Gasteiger partial charge in [0, 0.05) is 29.9 Å². The Bertz CT molecular complexity index is 1300. The van der Waals surface area contributed by atoms with Crippen LogP contribution in [0, 0.1) is 5.82 Å². The van der Waals surface area contributed by atoms with Crippen LogP contribution in [-0.2, 0) is 39.0 Å². The van der Waals surface area contributed by atoms with Gasteiger partial charge in [-0.25, -0.2) is 12.8 Å². The van der Waals surface area contributed by atoms with Crippen LogP contribution in [0.2, 0.25) is 0 Å². The van der Waals surface area contributed by atoms with E-state index in [9.17, 15) is 32.6 Å². The summed E-state index contributed by atoms with van der Waals surface area (Å²) in [4.78, 5) is 26.8. The number of pyridine rings is 1. The second-order valence-corrected chi connectivity index (χ2v) is 9.48. The average Bonchev–Trinajstić information content (AvgIpc) is 3.05. The van der Waals surface area contributed by atoms with Crippen molar-refractivity contribution < 1.29 is 32.6 Å². The maximum absolute atomic E-state index is 13.3. The van der Waals surface area contributed by atoms with Crippen LogP contribution in [0.4, 0.5) is 4.39 Å². The molecular weight excluding hydrogens is 441 g/mol. The van der Waals surface area contributed by atoms with E-state index in [1.54, 1.807) is 18.5 Å². The van der Waals surface area contributed by atoms with Gasteiger partial charge < -0.3 is 14.8 Å². The molecule has 0 aliphatic carbocycles. The minimum Gasteiger partial charge on any atom is -0.481 e. The van der Waals surface area contributed by atoms with Crippen molar-refractivity contribution in [1.29, 1.82) is 0 Å². The SMILES string of the molecule is O=C(O)Cc1c2n(c3cnccc13)CC(N(CC(=O)O)S(=O)(=O)c1ccc(F)cc1)CC2. The van der Waals surface area contributed by atoms with Gasteiger partial charge in [0.25, 0.3) is 0 Å². The number of carboxylic acids is 2. The molecule has 1 unspecified atom stereocenters. The van der Waals surface area contributed by atoms with Crippen molar-refractivity contribution in [2.75, 3.05) is 6.54 Å². The van der Waals surface area contributed by atoms with Gasteiger partial charge in [-0.05, 0) is 48.7 Å². The van der Waals surface area contributed by atoms with E-state index in [2.05, 4.69) is 4.98 Å². The Hall–Kier alpha value is -3.31. The number of aliphatic carboxylic acids is 2. The third-order valence-electron chi connectivity index (χ3n) is 5.64. The fourth-order valence-electron chi connectivity index (χ4n) is 4.29. The minimum absolute atomic E-state index is 0.144. The standard InChI is InChI=1S/C21H20FN3O6S/c22-13-1-4-15(5-2-13)32(30,31)25(12-21(28)29)14-3-6-18-17(9-20(26)27)16-7-8-23-10-19(16)24(18)11-14/h1-2,4-5,7-8,10,14H,3,6,9,11-12H2,(H,26,27)(H,28,29). The largest absolute Gasteiger partial charge is 0.481 e. The molecule has 1 aliphatic rings. The van der Waals surface area contributed by atoms with Gasteiger partial charge in [0.15, 0.2) is 0 Å². The second kappa shape index (κ2) is 8.32. The highest BCUT2D eigenvalue weighted by Gasteiger charge is 2.36. The molecular formula is C21H20FN3O6S. The fraction of sp³-hybridized carbons (Fsp3) is 0.286. The Kier molecular flexibility index (Phi) is 5.70. The zero-order chi connectivity index (χ0) is 23.0. The molecule has 3 aromatic rings. The maximum atomic E-state index is 13.3. The van der Waals surface area contributed by atoms with Gasteiger partial charge in [-0.15, -0.1) is 0 Å². The number of halogens is 1. The molecule has 11 heteroatoms. The van der Waals surface area contributed by atoms with E-state index < -0.39 is 40.4 Å². The second-order valence-electron chi connectivity index (χ2n) is 7.59. The molecule has 2 N–H and O–H groups in total. The molecule has 0 fully saturated rings. The Morgan fingerprint density at radius 2 is 1.88 bits per heavy atom. The average molecular weight is 461 g/mol. The monoisotopic (exact) mass is 461 g/mol. The number of aromatic nitrogens is 2. The summed E-state index contributed by atoms with van der Waals surface area (Å²) in [7, 11) is -4.22. The number of carbonyl (C=O) groups is 2. The number of benzene rings is 1. The Morgan fingerprint density at radius 3 is 2.53 bits per heavy atom. The van der Waals surface area contributed by atoms with Gasteiger partial charge in [-0.3, -0.25) is 14.6 Å². The zero-order valence-electron chi connectivity index (χ0n) is 16.8. The lowest BCUT2D eigenvalue weighted by atomic mass is 10.0. The van der Waals surface area contributed by atoms with Crippen molar-refractivity contribution in [3.8, 4) is 0 Å². The first-order valence-electron chi connectivity index (χ1n) is 9.83. The molecule has 2 aromatic heterocycles. The van der Waals surface area contributed by atoms with E-state index in [-0.39, 0.29) is 17.9 Å². The molecule has 32 heavy (non-hydrogen) atoms. The summed E-state index contributed by atoms with van der Waals surface area (Å²) in [5.41, 5.74) is 2.10. The summed E-state index contributed by atoms with van der Waals surface area (Å²) in [6.07, 6.45) is 3.65. The number of carboxylic acid groups (broad SMARTS) is 2. The molecule has 0 spiro atoms. The van der Waals surface area contributed by atoms with E-state index in [1.807, 2.05) is 4.57 Å². The molecule has 168 valence electrons. The number of nitrogens with zero attached hydrogens (tertiary/aromatic N) is 3. The Morgan fingerprint density at radius 1 is 1.16 bits per heavy atom. The lowest BCUT2D eigenvalue weighted by Gasteiger charge is -2.34. The van der Waals surface area contributed by atoms with Crippen molar-refractivity contribution >= 4 is 32.9 Å². The van der Waals surface area contributed by atoms with Gasteiger partial charge in [0.1, 0.15) is 12.4 Å². The number of fused-ring (bicyclic) bond motifs is 3. The number of hydrogen-bond acceptors (Lipinski definition) is 5. The normalized spacial score (nSPS) is 16.2. The van der Waals surface area contributed by atoms with Crippen LogP contribution in [0.25, 0.3) is 10.9 Å². The van der Waals surface area contributed by atoms with E-state index in [1.165, 1.54) is 0 Å². The van der Waals surface area contributed by atoms with Crippen LogP contribution < -0.4 is 0 Å². The summed E-state index contributed by atoms with van der Waals surface area (Å²) in [6.45, 7) is -0.607. The zero-order valence-corrected chi connectivity index (χ0v) is 17.6. The van der Waals surface area contributed by atoms with Crippen molar-refractivity contribution in [2.45, 2.75) is 36.7 Å². The predicted molar refractivity (Wildman–Crippen MR) is 111 cm³/mol. The highest BCUT2D eigenvalue weighted by atomic mass is 32.2. The summed E-state index contributed by atoms with van der Waals surface area (Å²) in [6, 6.07) is 5.25. The lowest BCUT2D eigenvalue weighted by molar-refractivity contribution is -0.138. The van der Waals surface area contributed by atoms with Crippen molar-refractivity contribution in [2.24, 2.45) is 0 Å². The lowest BCUT2D eigenvalue weighted by Crippen LogP contribution is -2.47. The molecule has 1 atom stereocenters. The molecule has 9 nitrogen and oxygen atoms in total. The highest BCUT2D eigenvalue weighted by molar-refractivity contribution is 7.89. The smallest absolute Gasteiger partial charge is 0.318 e. The summed E-state index contributed by atoms with van der Waals surface area (Å²) >= 11 is 0. The van der Waals surface area contributed by atoms with Gasteiger partial charge in [0.2, 0.25) is 10.0 Å². The number of hydrogen-bond donors (Lipinski definition) is 2. The highest BCUT2D eigenvalue weighted by Crippen LogP contribution is 2.33. The molecule has 0 bridgehead atoms. The molecule has 0 saturated heterocycles.